The lowest BCUT2D eigenvalue weighted by Gasteiger charge is -2.35. The van der Waals surface area contributed by atoms with Crippen LogP contribution in [0.4, 0.5) is 63.1 Å². The predicted molar refractivity (Wildman–Crippen MR) is 156 cm³/mol. The Kier molecular flexibility index (Phi) is 4.20. The minimum atomic E-state index is 0.764. The molecule has 7 heterocycles. The molecule has 0 aliphatic carbocycles. The van der Waals surface area contributed by atoms with Gasteiger partial charge in [-0.1, -0.05) is 30.3 Å². The molecule has 0 unspecified atom stereocenters. The average Bonchev–Trinajstić information content (AvgIpc) is 2.98. The Balaban J connectivity index is 1.54. The van der Waals surface area contributed by atoms with Crippen LogP contribution in [0.5, 0.6) is 0 Å². The van der Waals surface area contributed by atoms with Gasteiger partial charge in [-0.3, -0.25) is 9.80 Å². The standard InChI is InChI=1S/C33H21N7/c1-7-23-19-25(9-1)38-26-10-3-12-28(21-26)40-33-17-5-16-32(35-33)39(31-15-4-14-30(38)34-31)27-11-2-8-24(20-27)37(23)29-13-6-18-36(40)22-29/h1-21H. The number of nitrogens with zero attached hydrogens (tertiary/aromatic N) is 7. The molecule has 6 aromatic rings. The second-order valence-electron chi connectivity index (χ2n) is 9.94. The first-order chi connectivity index (χ1) is 19.8. The highest BCUT2D eigenvalue weighted by molar-refractivity contribution is 5.86. The first kappa shape index (κ1) is 21.3. The summed E-state index contributed by atoms with van der Waals surface area (Å²) < 4.78 is 1.99. The van der Waals surface area contributed by atoms with E-state index in [1.807, 2.05) is 35.1 Å². The van der Waals surface area contributed by atoms with Crippen LogP contribution in [-0.2, 0) is 0 Å². The monoisotopic (exact) mass is 515 g/mol. The first-order valence-electron chi connectivity index (χ1n) is 13.2. The van der Waals surface area contributed by atoms with Crippen molar-refractivity contribution in [3.8, 4) is 0 Å². The molecular weight excluding hydrogens is 494 g/mol. The molecule has 3 aromatic carbocycles. The normalized spacial score (nSPS) is 13.8. The molecule has 4 aliphatic rings. The van der Waals surface area contributed by atoms with Crippen molar-refractivity contribution in [2.75, 3.05) is 19.7 Å². The SMILES string of the molecule is [c-]1c2ccc[n+]1N1c3cccc(c3)N3c4cccc(c4)N2c2cccc(c2)N(c2cccc3n2)c2cccc1n2. The minimum Gasteiger partial charge on any atom is -0.328 e. The second kappa shape index (κ2) is 7.91. The number of aromatic nitrogens is 3. The Bertz CT molecular complexity index is 1490. The number of benzene rings is 3. The smallest absolute Gasteiger partial charge is 0.193 e. The molecule has 3 aromatic heterocycles. The summed E-state index contributed by atoms with van der Waals surface area (Å²) >= 11 is 0. The zero-order chi connectivity index (χ0) is 26.2. The molecule has 0 fully saturated rings. The van der Waals surface area contributed by atoms with Crippen LogP contribution in [-0.4, -0.2) is 9.97 Å². The van der Waals surface area contributed by atoms with E-state index >= 15 is 0 Å². The first-order valence-corrected chi connectivity index (χ1v) is 13.2. The van der Waals surface area contributed by atoms with Crippen LogP contribution in [0.1, 0.15) is 0 Å². The quantitative estimate of drug-likeness (QED) is 0.154. The number of hydrogen-bond acceptors (Lipinski definition) is 6. The fourth-order valence-electron chi connectivity index (χ4n) is 5.86. The summed E-state index contributed by atoms with van der Waals surface area (Å²) in [6.45, 7) is 0. The fourth-order valence-corrected chi connectivity index (χ4v) is 5.86. The average molecular weight is 516 g/mol. The molecule has 0 spiro atoms. The molecule has 10 rings (SSSR count). The van der Waals surface area contributed by atoms with Crippen molar-refractivity contribution < 1.29 is 4.68 Å². The van der Waals surface area contributed by atoms with Crippen molar-refractivity contribution >= 4 is 63.1 Å². The van der Waals surface area contributed by atoms with Crippen LogP contribution in [0.25, 0.3) is 0 Å². The molecule has 0 radical (unpaired) electrons. The van der Waals surface area contributed by atoms with Crippen LogP contribution in [0.15, 0.2) is 128 Å². The van der Waals surface area contributed by atoms with E-state index in [1.165, 1.54) is 0 Å². The summed E-state index contributed by atoms with van der Waals surface area (Å²) in [6, 6.07) is 42.0. The van der Waals surface area contributed by atoms with Crippen molar-refractivity contribution in [2.45, 2.75) is 0 Å². The van der Waals surface area contributed by atoms with E-state index in [0.717, 1.165) is 63.1 Å². The predicted octanol–water partition coefficient (Wildman–Crippen LogP) is 7.52. The van der Waals surface area contributed by atoms with Gasteiger partial charge in [0, 0.05) is 28.4 Å². The number of anilines is 11. The van der Waals surface area contributed by atoms with E-state index in [9.17, 15) is 0 Å². The number of hydrogen-bond donors (Lipinski definition) is 0. The lowest BCUT2D eigenvalue weighted by Crippen LogP contribution is -2.52. The van der Waals surface area contributed by atoms with Gasteiger partial charge in [-0.2, -0.15) is 4.68 Å². The minimum absolute atomic E-state index is 0.764. The Morgan fingerprint density at radius 2 is 0.925 bits per heavy atom. The third-order valence-corrected chi connectivity index (χ3v) is 7.54. The van der Waals surface area contributed by atoms with Gasteiger partial charge >= 0.3 is 0 Å². The third kappa shape index (κ3) is 3.03. The molecular formula is C33H21N7. The van der Waals surface area contributed by atoms with Crippen molar-refractivity contribution in [2.24, 2.45) is 0 Å². The lowest BCUT2D eigenvalue weighted by atomic mass is 10.1. The molecule has 188 valence electrons. The highest BCUT2D eigenvalue weighted by Gasteiger charge is 2.28. The van der Waals surface area contributed by atoms with Gasteiger partial charge in [0.2, 0.25) is 0 Å². The van der Waals surface area contributed by atoms with Crippen LogP contribution >= 0.6 is 0 Å². The zero-order valence-electron chi connectivity index (χ0n) is 21.3. The molecule has 40 heavy (non-hydrogen) atoms. The molecule has 0 amide bonds. The van der Waals surface area contributed by atoms with E-state index in [2.05, 4.69) is 123 Å². The van der Waals surface area contributed by atoms with Gasteiger partial charge in [0.25, 0.3) is 0 Å². The van der Waals surface area contributed by atoms with E-state index in [0.29, 0.717) is 0 Å². The molecule has 0 N–H and O–H groups in total. The highest BCUT2D eigenvalue weighted by atomic mass is 15.6. The maximum Gasteiger partial charge on any atom is 0.193 e. The van der Waals surface area contributed by atoms with Crippen molar-refractivity contribution in [1.82, 2.24) is 9.97 Å². The molecule has 7 heteroatoms. The molecule has 0 atom stereocenters. The van der Waals surface area contributed by atoms with Crippen LogP contribution in [0.3, 0.4) is 0 Å². The van der Waals surface area contributed by atoms with Gasteiger partial charge in [0.05, 0.1) is 11.9 Å². The van der Waals surface area contributed by atoms with Crippen molar-refractivity contribution in [3.63, 3.8) is 0 Å². The molecule has 0 saturated heterocycles. The molecule has 16 bridgehead atoms. The Morgan fingerprint density at radius 1 is 0.450 bits per heavy atom. The summed E-state index contributed by atoms with van der Waals surface area (Å²) in [4.78, 5) is 17.1. The summed E-state index contributed by atoms with van der Waals surface area (Å²) in [7, 11) is 0. The molecule has 4 aliphatic heterocycles. The van der Waals surface area contributed by atoms with Gasteiger partial charge in [-0.05, 0) is 78.9 Å². The fraction of sp³-hybridized carbons (Fsp3) is 0. The van der Waals surface area contributed by atoms with Crippen LogP contribution in [0, 0.1) is 6.20 Å². The van der Waals surface area contributed by atoms with E-state index in [1.54, 1.807) is 0 Å². The van der Waals surface area contributed by atoms with Crippen LogP contribution < -0.4 is 24.4 Å². The maximum absolute atomic E-state index is 5.25. The van der Waals surface area contributed by atoms with Gasteiger partial charge in [0.1, 0.15) is 23.1 Å². The van der Waals surface area contributed by atoms with E-state index in [4.69, 9.17) is 9.97 Å². The van der Waals surface area contributed by atoms with E-state index < -0.39 is 0 Å². The molecule has 7 nitrogen and oxygen atoms in total. The van der Waals surface area contributed by atoms with Crippen molar-refractivity contribution in [1.29, 1.82) is 0 Å². The summed E-state index contributed by atoms with van der Waals surface area (Å²) in [6.07, 6.45) is 5.67. The Hall–Kier alpha value is -5.69. The van der Waals surface area contributed by atoms with Gasteiger partial charge in [-0.25, -0.2) is 9.97 Å². The van der Waals surface area contributed by atoms with Crippen LogP contribution in [0.2, 0.25) is 0 Å². The van der Waals surface area contributed by atoms with Gasteiger partial charge in [-0.15, -0.1) is 17.1 Å². The Labute approximate surface area is 231 Å². The topological polar surface area (TPSA) is 42.6 Å². The molecule has 0 saturated carbocycles. The Morgan fingerprint density at radius 3 is 1.60 bits per heavy atom. The number of pyridine rings is 3. The largest absolute Gasteiger partial charge is 0.328 e. The second-order valence-corrected chi connectivity index (χ2v) is 9.94. The van der Waals surface area contributed by atoms with E-state index in [-0.39, 0.29) is 0 Å². The zero-order valence-corrected chi connectivity index (χ0v) is 21.3. The van der Waals surface area contributed by atoms with Gasteiger partial charge < -0.3 is 4.90 Å². The summed E-state index contributed by atoms with van der Waals surface area (Å²) in [5, 5.41) is 2.10. The maximum atomic E-state index is 5.25. The third-order valence-electron chi connectivity index (χ3n) is 7.54. The summed E-state index contributed by atoms with van der Waals surface area (Å²) in [5.41, 5.74) is 6.86. The number of rotatable bonds is 0. The van der Waals surface area contributed by atoms with Crippen molar-refractivity contribution in [3.05, 3.63) is 134 Å². The lowest BCUT2D eigenvalue weighted by molar-refractivity contribution is -0.679. The summed E-state index contributed by atoms with van der Waals surface area (Å²) in [5.74, 6) is 3.14. The van der Waals surface area contributed by atoms with Gasteiger partial charge in [0.15, 0.2) is 12.0 Å². The highest BCUT2D eigenvalue weighted by Crippen LogP contribution is 2.45.